The van der Waals surface area contributed by atoms with Gasteiger partial charge in [0, 0.05) is 13.1 Å². The molecule has 2 aromatic carbocycles. The number of hydrogen-bond donors (Lipinski definition) is 2. The second-order valence-corrected chi connectivity index (χ2v) is 5.88. The Hall–Kier alpha value is -2.79. The van der Waals surface area contributed by atoms with Crippen molar-refractivity contribution in [3.05, 3.63) is 83.7 Å². The molecule has 0 spiro atoms. The quantitative estimate of drug-likeness (QED) is 0.647. The minimum Gasteiger partial charge on any atom is -0.456 e. The molecule has 5 heteroatoms. The van der Waals surface area contributed by atoms with Crippen LogP contribution in [-0.2, 0) is 9.53 Å². The molecular formula is C19H21N3O2. The molecular weight excluding hydrogens is 302 g/mol. The van der Waals surface area contributed by atoms with Crippen molar-refractivity contribution in [2.45, 2.75) is 12.1 Å². The Labute approximate surface area is 141 Å². The molecule has 0 atom stereocenters. The number of nitrogens with zero attached hydrogens (tertiary/aromatic N) is 1. The van der Waals surface area contributed by atoms with Gasteiger partial charge in [-0.3, -0.25) is 4.90 Å². The van der Waals surface area contributed by atoms with Crippen molar-refractivity contribution in [3.63, 3.8) is 0 Å². The van der Waals surface area contributed by atoms with E-state index in [1.807, 2.05) is 36.4 Å². The van der Waals surface area contributed by atoms with E-state index in [0.29, 0.717) is 13.1 Å². The highest BCUT2D eigenvalue weighted by molar-refractivity contribution is 5.82. The predicted molar refractivity (Wildman–Crippen MR) is 92.6 cm³/mol. The highest BCUT2D eigenvalue weighted by Crippen LogP contribution is 2.32. The van der Waals surface area contributed by atoms with Crippen molar-refractivity contribution < 1.29 is 9.53 Å². The SMILES string of the molecule is NC(N)=CC(=O)OC1CN(C(c2ccccc2)c2ccccc2)C1. The Balaban J connectivity index is 1.71. The molecule has 124 valence electrons. The van der Waals surface area contributed by atoms with Crippen molar-refractivity contribution in [2.24, 2.45) is 11.5 Å². The Kier molecular flexibility index (Phi) is 4.82. The summed E-state index contributed by atoms with van der Waals surface area (Å²) in [6, 6.07) is 20.8. The average Bonchev–Trinajstić information content (AvgIpc) is 2.54. The van der Waals surface area contributed by atoms with Crippen LogP contribution >= 0.6 is 0 Å². The lowest BCUT2D eigenvalue weighted by atomic mass is 9.94. The van der Waals surface area contributed by atoms with Crippen LogP contribution in [0.25, 0.3) is 0 Å². The summed E-state index contributed by atoms with van der Waals surface area (Å²) in [7, 11) is 0. The summed E-state index contributed by atoms with van der Waals surface area (Å²) in [5.41, 5.74) is 13.0. The van der Waals surface area contributed by atoms with Gasteiger partial charge < -0.3 is 16.2 Å². The van der Waals surface area contributed by atoms with E-state index >= 15 is 0 Å². The van der Waals surface area contributed by atoms with Gasteiger partial charge in [-0.2, -0.15) is 0 Å². The molecule has 0 amide bonds. The fourth-order valence-electron chi connectivity index (χ4n) is 2.97. The second-order valence-electron chi connectivity index (χ2n) is 5.88. The molecule has 0 radical (unpaired) electrons. The second kappa shape index (κ2) is 7.19. The first-order valence-electron chi connectivity index (χ1n) is 7.90. The first kappa shape index (κ1) is 16.1. The molecule has 4 N–H and O–H groups in total. The van der Waals surface area contributed by atoms with E-state index < -0.39 is 5.97 Å². The van der Waals surface area contributed by atoms with E-state index in [0.717, 1.165) is 6.08 Å². The molecule has 1 heterocycles. The van der Waals surface area contributed by atoms with Gasteiger partial charge in [0.15, 0.2) is 0 Å². The van der Waals surface area contributed by atoms with Gasteiger partial charge in [-0.25, -0.2) is 4.79 Å². The molecule has 1 fully saturated rings. The fraction of sp³-hybridized carbons (Fsp3) is 0.211. The molecule has 0 unspecified atom stereocenters. The maximum atomic E-state index is 11.6. The molecule has 5 nitrogen and oxygen atoms in total. The standard InChI is InChI=1S/C19H21N3O2/c20-17(21)11-18(23)24-16-12-22(13-16)19(14-7-3-1-4-8-14)15-9-5-2-6-10-15/h1-11,16,19H,12-13,20-21H2. The Morgan fingerprint density at radius 2 is 1.50 bits per heavy atom. The number of nitrogens with two attached hydrogens (primary N) is 2. The van der Waals surface area contributed by atoms with Crippen LogP contribution in [0.4, 0.5) is 0 Å². The van der Waals surface area contributed by atoms with Gasteiger partial charge in [0.05, 0.1) is 12.1 Å². The Bertz CT molecular complexity index is 666. The molecule has 3 rings (SSSR count). The number of carbonyl (C=O) groups is 1. The Morgan fingerprint density at radius 1 is 1.00 bits per heavy atom. The molecule has 1 aliphatic heterocycles. The lowest BCUT2D eigenvalue weighted by Crippen LogP contribution is -2.54. The largest absolute Gasteiger partial charge is 0.456 e. The zero-order chi connectivity index (χ0) is 16.9. The van der Waals surface area contributed by atoms with Crippen LogP contribution in [0.15, 0.2) is 72.6 Å². The highest BCUT2D eigenvalue weighted by Gasteiger charge is 2.35. The van der Waals surface area contributed by atoms with E-state index in [1.54, 1.807) is 0 Å². The zero-order valence-corrected chi connectivity index (χ0v) is 13.3. The number of hydrogen-bond acceptors (Lipinski definition) is 5. The van der Waals surface area contributed by atoms with E-state index in [4.69, 9.17) is 16.2 Å². The van der Waals surface area contributed by atoms with Crippen LogP contribution < -0.4 is 11.5 Å². The van der Waals surface area contributed by atoms with E-state index in [1.165, 1.54) is 11.1 Å². The van der Waals surface area contributed by atoms with Crippen molar-refractivity contribution in [2.75, 3.05) is 13.1 Å². The maximum Gasteiger partial charge on any atom is 0.334 e. The first-order valence-corrected chi connectivity index (χ1v) is 7.90. The van der Waals surface area contributed by atoms with Crippen LogP contribution in [0.3, 0.4) is 0 Å². The molecule has 1 aliphatic rings. The zero-order valence-electron chi connectivity index (χ0n) is 13.3. The van der Waals surface area contributed by atoms with Crippen LogP contribution in [0.2, 0.25) is 0 Å². The summed E-state index contributed by atoms with van der Waals surface area (Å²) in [5.74, 6) is -0.529. The third-order valence-corrected chi connectivity index (χ3v) is 4.04. The molecule has 0 saturated carbocycles. The summed E-state index contributed by atoms with van der Waals surface area (Å²) < 4.78 is 5.33. The predicted octanol–water partition coefficient (Wildman–Crippen LogP) is 1.76. The van der Waals surface area contributed by atoms with Crippen LogP contribution in [-0.4, -0.2) is 30.1 Å². The van der Waals surface area contributed by atoms with Crippen molar-refractivity contribution in [1.29, 1.82) is 0 Å². The topological polar surface area (TPSA) is 81.6 Å². The summed E-state index contributed by atoms with van der Waals surface area (Å²) in [4.78, 5) is 13.9. The number of carbonyl (C=O) groups excluding carboxylic acids is 1. The molecule has 1 saturated heterocycles. The third kappa shape index (κ3) is 3.75. The normalized spacial score (nSPS) is 14.9. The first-order chi connectivity index (χ1) is 11.6. The van der Waals surface area contributed by atoms with Crippen LogP contribution in [0.5, 0.6) is 0 Å². The van der Waals surface area contributed by atoms with E-state index in [-0.39, 0.29) is 18.0 Å². The molecule has 0 aliphatic carbocycles. The fourth-order valence-corrected chi connectivity index (χ4v) is 2.97. The average molecular weight is 323 g/mol. The lowest BCUT2D eigenvalue weighted by Gasteiger charge is -2.43. The number of esters is 1. The number of ether oxygens (including phenoxy) is 1. The van der Waals surface area contributed by atoms with Crippen LogP contribution in [0.1, 0.15) is 17.2 Å². The number of likely N-dealkylation sites (tertiary alicyclic amines) is 1. The van der Waals surface area contributed by atoms with Crippen molar-refractivity contribution in [1.82, 2.24) is 4.90 Å². The summed E-state index contributed by atoms with van der Waals surface area (Å²) in [6.45, 7) is 1.36. The summed E-state index contributed by atoms with van der Waals surface area (Å²) >= 11 is 0. The number of rotatable bonds is 5. The van der Waals surface area contributed by atoms with Crippen molar-refractivity contribution in [3.8, 4) is 0 Å². The smallest absolute Gasteiger partial charge is 0.334 e. The van der Waals surface area contributed by atoms with Crippen LogP contribution in [0, 0.1) is 0 Å². The minimum atomic E-state index is -0.490. The summed E-state index contributed by atoms with van der Waals surface area (Å²) in [6.07, 6.45) is 0.970. The third-order valence-electron chi connectivity index (χ3n) is 4.04. The van der Waals surface area contributed by atoms with Gasteiger partial charge >= 0.3 is 5.97 Å². The van der Waals surface area contributed by atoms with Gasteiger partial charge in [-0.15, -0.1) is 0 Å². The molecule has 0 bridgehead atoms. The minimum absolute atomic E-state index is 0.0392. The van der Waals surface area contributed by atoms with Gasteiger partial charge in [0.2, 0.25) is 0 Å². The van der Waals surface area contributed by atoms with E-state index in [9.17, 15) is 4.79 Å². The monoisotopic (exact) mass is 323 g/mol. The van der Waals surface area contributed by atoms with E-state index in [2.05, 4.69) is 29.2 Å². The molecule has 2 aromatic rings. The Morgan fingerprint density at radius 3 is 1.96 bits per heavy atom. The molecule has 0 aromatic heterocycles. The van der Waals surface area contributed by atoms with Gasteiger partial charge in [0.1, 0.15) is 11.9 Å². The summed E-state index contributed by atoms with van der Waals surface area (Å²) in [5, 5.41) is 0. The number of benzene rings is 2. The van der Waals surface area contributed by atoms with Gasteiger partial charge in [-0.05, 0) is 11.1 Å². The van der Waals surface area contributed by atoms with Gasteiger partial charge in [-0.1, -0.05) is 60.7 Å². The van der Waals surface area contributed by atoms with Gasteiger partial charge in [0.25, 0.3) is 0 Å². The molecule has 24 heavy (non-hydrogen) atoms. The maximum absolute atomic E-state index is 11.6. The highest BCUT2D eigenvalue weighted by atomic mass is 16.5. The van der Waals surface area contributed by atoms with Crippen molar-refractivity contribution >= 4 is 5.97 Å². The lowest BCUT2D eigenvalue weighted by molar-refractivity contribution is -0.152.